The SMILES string of the molecule is CN1CCC[C@@H]1Cc1c[nH]c2ccc(NC(=N)C3CC=CO3)cc12. The Labute approximate surface area is 142 Å². The first kappa shape index (κ1) is 15.3. The van der Waals surface area contributed by atoms with Crippen molar-refractivity contribution in [2.75, 3.05) is 18.9 Å². The Balaban J connectivity index is 1.53. The Morgan fingerprint density at radius 1 is 1.46 bits per heavy atom. The summed E-state index contributed by atoms with van der Waals surface area (Å²) < 4.78 is 5.40. The summed E-state index contributed by atoms with van der Waals surface area (Å²) in [6.45, 7) is 1.20. The normalized spacial score (nSPS) is 23.7. The van der Waals surface area contributed by atoms with Crippen LogP contribution in [0.15, 0.2) is 36.7 Å². The second-order valence-corrected chi connectivity index (χ2v) is 6.83. The number of hydrogen-bond acceptors (Lipinski definition) is 3. The lowest BCUT2D eigenvalue weighted by Crippen LogP contribution is -2.26. The second-order valence-electron chi connectivity index (χ2n) is 6.83. The zero-order valence-corrected chi connectivity index (χ0v) is 14.0. The van der Waals surface area contributed by atoms with Crippen LogP contribution < -0.4 is 5.32 Å². The molecule has 3 heterocycles. The third kappa shape index (κ3) is 2.91. The fraction of sp³-hybridized carbons (Fsp3) is 0.421. The highest BCUT2D eigenvalue weighted by Crippen LogP contribution is 2.27. The number of rotatable bonds is 4. The van der Waals surface area contributed by atoms with Crippen LogP contribution in [0.3, 0.4) is 0 Å². The number of nitrogens with zero attached hydrogens (tertiary/aromatic N) is 1. The van der Waals surface area contributed by atoms with Gasteiger partial charge < -0.3 is 19.9 Å². The molecule has 0 spiro atoms. The van der Waals surface area contributed by atoms with Gasteiger partial charge in [-0.05, 0) is 62.7 Å². The van der Waals surface area contributed by atoms with Crippen molar-refractivity contribution in [2.24, 2.45) is 0 Å². The number of likely N-dealkylation sites (N-methyl/N-ethyl adjacent to an activating group) is 1. The summed E-state index contributed by atoms with van der Waals surface area (Å²) in [4.78, 5) is 5.84. The van der Waals surface area contributed by atoms with E-state index in [1.807, 2.05) is 12.1 Å². The Morgan fingerprint density at radius 3 is 3.12 bits per heavy atom. The van der Waals surface area contributed by atoms with Crippen LogP contribution in [0.25, 0.3) is 10.9 Å². The van der Waals surface area contributed by atoms with Gasteiger partial charge in [-0.1, -0.05) is 0 Å². The van der Waals surface area contributed by atoms with Gasteiger partial charge in [0.25, 0.3) is 0 Å². The molecule has 5 heteroatoms. The van der Waals surface area contributed by atoms with E-state index in [9.17, 15) is 0 Å². The maximum atomic E-state index is 8.16. The average Bonchev–Trinajstić information content (AvgIpc) is 3.31. The maximum Gasteiger partial charge on any atom is 0.158 e. The molecule has 126 valence electrons. The van der Waals surface area contributed by atoms with Crippen molar-refractivity contribution >= 4 is 22.4 Å². The molecular weight excluding hydrogens is 300 g/mol. The summed E-state index contributed by atoms with van der Waals surface area (Å²) >= 11 is 0. The lowest BCUT2D eigenvalue weighted by Gasteiger charge is -2.19. The minimum Gasteiger partial charge on any atom is -0.490 e. The van der Waals surface area contributed by atoms with Crippen molar-refractivity contribution in [3.8, 4) is 0 Å². The van der Waals surface area contributed by atoms with Gasteiger partial charge in [0.05, 0.1) is 6.26 Å². The van der Waals surface area contributed by atoms with Crippen LogP contribution in [-0.2, 0) is 11.2 Å². The van der Waals surface area contributed by atoms with Crippen molar-refractivity contribution in [3.63, 3.8) is 0 Å². The molecule has 2 aliphatic heterocycles. The summed E-state index contributed by atoms with van der Waals surface area (Å²) in [5.41, 5.74) is 3.46. The topological polar surface area (TPSA) is 64.1 Å². The highest BCUT2D eigenvalue weighted by molar-refractivity contribution is 5.98. The lowest BCUT2D eigenvalue weighted by molar-refractivity contribution is 0.230. The Bertz CT molecular complexity index is 771. The van der Waals surface area contributed by atoms with E-state index in [0.29, 0.717) is 11.9 Å². The number of hydrogen-bond donors (Lipinski definition) is 3. The Hall–Kier alpha value is -2.27. The van der Waals surface area contributed by atoms with Crippen LogP contribution >= 0.6 is 0 Å². The summed E-state index contributed by atoms with van der Waals surface area (Å²) in [5, 5.41) is 12.6. The molecule has 5 nitrogen and oxygen atoms in total. The number of nitrogens with one attached hydrogen (secondary N) is 3. The predicted octanol–water partition coefficient (Wildman–Crippen LogP) is 3.50. The number of ether oxygens (including phenoxy) is 1. The minimum absolute atomic E-state index is 0.182. The van der Waals surface area contributed by atoms with Gasteiger partial charge in [-0.25, -0.2) is 0 Å². The third-order valence-electron chi connectivity index (χ3n) is 5.18. The first-order valence-electron chi connectivity index (χ1n) is 8.67. The molecule has 0 bridgehead atoms. The van der Waals surface area contributed by atoms with E-state index in [2.05, 4.69) is 40.6 Å². The lowest BCUT2D eigenvalue weighted by atomic mass is 10.0. The monoisotopic (exact) mass is 324 g/mol. The highest BCUT2D eigenvalue weighted by Gasteiger charge is 2.22. The minimum atomic E-state index is -0.182. The second kappa shape index (κ2) is 6.32. The number of aromatic amines is 1. The summed E-state index contributed by atoms with van der Waals surface area (Å²) in [5.74, 6) is 0.409. The van der Waals surface area contributed by atoms with Crippen LogP contribution in [-0.4, -0.2) is 41.5 Å². The molecule has 1 unspecified atom stereocenters. The van der Waals surface area contributed by atoms with Crippen molar-refractivity contribution in [2.45, 2.75) is 37.8 Å². The van der Waals surface area contributed by atoms with E-state index in [0.717, 1.165) is 24.0 Å². The highest BCUT2D eigenvalue weighted by atomic mass is 16.5. The van der Waals surface area contributed by atoms with Crippen LogP contribution in [0.4, 0.5) is 5.69 Å². The van der Waals surface area contributed by atoms with E-state index in [4.69, 9.17) is 10.1 Å². The average molecular weight is 324 g/mol. The number of aromatic nitrogens is 1. The third-order valence-corrected chi connectivity index (χ3v) is 5.18. The summed E-state index contributed by atoms with van der Waals surface area (Å²) in [6.07, 6.45) is 9.98. The first-order chi connectivity index (χ1) is 11.7. The number of anilines is 1. The molecule has 4 rings (SSSR count). The molecule has 2 aliphatic rings. The molecule has 0 saturated carbocycles. The van der Waals surface area contributed by atoms with Gasteiger partial charge in [-0.15, -0.1) is 0 Å². The molecule has 1 fully saturated rings. The number of fused-ring (bicyclic) bond motifs is 1. The molecule has 0 amide bonds. The smallest absolute Gasteiger partial charge is 0.158 e. The molecule has 0 aliphatic carbocycles. The first-order valence-corrected chi connectivity index (χ1v) is 8.67. The van der Waals surface area contributed by atoms with Crippen molar-refractivity contribution < 1.29 is 4.74 Å². The molecular formula is C19H24N4O. The van der Waals surface area contributed by atoms with E-state index >= 15 is 0 Å². The Kier molecular flexibility index (Phi) is 4.02. The largest absolute Gasteiger partial charge is 0.490 e. The van der Waals surface area contributed by atoms with E-state index < -0.39 is 0 Å². The van der Waals surface area contributed by atoms with Gasteiger partial charge in [0.1, 0.15) is 5.84 Å². The van der Waals surface area contributed by atoms with Gasteiger partial charge in [-0.3, -0.25) is 5.41 Å². The van der Waals surface area contributed by atoms with Gasteiger partial charge in [0.15, 0.2) is 6.10 Å². The van der Waals surface area contributed by atoms with Crippen LogP contribution in [0.1, 0.15) is 24.8 Å². The number of benzene rings is 1. The van der Waals surface area contributed by atoms with Crippen molar-refractivity contribution in [1.82, 2.24) is 9.88 Å². The standard InChI is InChI=1S/C19H24N4O/c1-23-8-2-4-15(23)10-13-12-21-17-7-6-14(11-16(13)17)22-19(20)18-5-3-9-24-18/h3,6-7,9,11-12,15,18,21H,2,4-5,8,10H2,1H3,(H2,20,22)/t15-,18?/m1/s1. The fourth-order valence-corrected chi connectivity index (χ4v) is 3.72. The van der Waals surface area contributed by atoms with Gasteiger partial charge in [-0.2, -0.15) is 0 Å². The molecule has 2 atom stereocenters. The van der Waals surface area contributed by atoms with Crippen LogP contribution in [0, 0.1) is 5.41 Å². The zero-order chi connectivity index (χ0) is 16.5. The molecule has 1 saturated heterocycles. The van der Waals surface area contributed by atoms with Crippen molar-refractivity contribution in [3.05, 3.63) is 42.3 Å². The van der Waals surface area contributed by atoms with Gasteiger partial charge in [0.2, 0.25) is 0 Å². The van der Waals surface area contributed by atoms with E-state index in [1.165, 1.54) is 30.3 Å². The molecule has 2 aromatic rings. The van der Waals surface area contributed by atoms with Crippen LogP contribution in [0.5, 0.6) is 0 Å². The van der Waals surface area contributed by atoms with E-state index in [1.54, 1.807) is 6.26 Å². The molecule has 1 aromatic carbocycles. The molecule has 0 radical (unpaired) electrons. The van der Waals surface area contributed by atoms with E-state index in [-0.39, 0.29) is 6.10 Å². The summed E-state index contributed by atoms with van der Waals surface area (Å²) in [6, 6.07) is 6.88. The fourth-order valence-electron chi connectivity index (χ4n) is 3.72. The van der Waals surface area contributed by atoms with Crippen molar-refractivity contribution in [1.29, 1.82) is 5.41 Å². The molecule has 3 N–H and O–H groups in total. The maximum absolute atomic E-state index is 8.16. The Morgan fingerprint density at radius 2 is 2.38 bits per heavy atom. The summed E-state index contributed by atoms with van der Waals surface area (Å²) in [7, 11) is 2.22. The van der Waals surface area contributed by atoms with Gasteiger partial charge >= 0.3 is 0 Å². The quantitative estimate of drug-likeness (QED) is 0.596. The number of likely N-dealkylation sites (tertiary alicyclic amines) is 1. The molecule has 24 heavy (non-hydrogen) atoms. The predicted molar refractivity (Wildman–Crippen MR) is 97.6 cm³/mol. The number of amidine groups is 1. The van der Waals surface area contributed by atoms with Gasteiger partial charge in [0, 0.05) is 35.2 Å². The van der Waals surface area contributed by atoms with Crippen LogP contribution in [0.2, 0.25) is 0 Å². The zero-order valence-electron chi connectivity index (χ0n) is 14.0. The molecule has 1 aromatic heterocycles. The number of H-pyrrole nitrogens is 1.